The van der Waals surface area contributed by atoms with E-state index in [1.54, 1.807) is 12.1 Å². The Morgan fingerprint density at radius 1 is 1.22 bits per heavy atom. The van der Waals surface area contributed by atoms with Crippen molar-refractivity contribution in [3.8, 4) is 5.75 Å². The molecule has 5 heteroatoms. The van der Waals surface area contributed by atoms with Gasteiger partial charge in [-0.2, -0.15) is 13.2 Å². The maximum atomic E-state index is 12.2. The van der Waals surface area contributed by atoms with Crippen LogP contribution in [0, 0.1) is 6.92 Å². The third-order valence-electron chi connectivity index (χ3n) is 2.95. The van der Waals surface area contributed by atoms with Crippen molar-refractivity contribution in [2.24, 2.45) is 0 Å². The van der Waals surface area contributed by atoms with Crippen LogP contribution in [0.5, 0.6) is 5.75 Å². The first-order chi connectivity index (χ1) is 8.46. The van der Waals surface area contributed by atoms with Gasteiger partial charge in [0.05, 0.1) is 5.69 Å². The highest BCUT2D eigenvalue weighted by molar-refractivity contribution is 5.60. The Labute approximate surface area is 104 Å². The van der Waals surface area contributed by atoms with Gasteiger partial charge in [-0.15, -0.1) is 0 Å². The number of halogens is 3. The zero-order chi connectivity index (χ0) is 13.2. The third kappa shape index (κ3) is 3.31. The monoisotopic (exact) mass is 259 g/mol. The predicted molar refractivity (Wildman–Crippen MR) is 64.2 cm³/mol. The maximum Gasteiger partial charge on any atom is 0.422 e. The van der Waals surface area contributed by atoms with Gasteiger partial charge in [-0.1, -0.05) is 6.07 Å². The third-order valence-corrected chi connectivity index (χ3v) is 2.95. The van der Waals surface area contributed by atoms with Crippen LogP contribution in [0.3, 0.4) is 0 Å². The van der Waals surface area contributed by atoms with E-state index in [2.05, 4.69) is 4.90 Å². The molecular formula is C13H16F3NO. The first-order valence-corrected chi connectivity index (χ1v) is 6.01. The standard InChI is InChI=1S/C13H16F3NO/c1-10-4-5-12(18-9-13(14,15)16)11(8-10)17-6-2-3-7-17/h4-5,8H,2-3,6-7,9H2,1H3. The van der Waals surface area contributed by atoms with Crippen molar-refractivity contribution in [2.45, 2.75) is 25.9 Å². The van der Waals surface area contributed by atoms with Crippen LogP contribution in [0.15, 0.2) is 18.2 Å². The summed E-state index contributed by atoms with van der Waals surface area (Å²) in [7, 11) is 0. The number of nitrogens with zero attached hydrogens (tertiary/aromatic N) is 1. The molecule has 100 valence electrons. The van der Waals surface area contributed by atoms with E-state index < -0.39 is 12.8 Å². The molecule has 0 spiro atoms. The predicted octanol–water partition coefficient (Wildman–Crippen LogP) is 3.54. The molecule has 1 aromatic rings. The molecule has 1 aliphatic rings. The maximum absolute atomic E-state index is 12.2. The Hall–Kier alpha value is -1.39. The minimum atomic E-state index is -4.30. The van der Waals surface area contributed by atoms with Gasteiger partial charge in [0.15, 0.2) is 6.61 Å². The quantitative estimate of drug-likeness (QED) is 0.823. The molecule has 0 bridgehead atoms. The molecule has 0 N–H and O–H groups in total. The van der Waals surface area contributed by atoms with Gasteiger partial charge in [0.2, 0.25) is 0 Å². The first-order valence-electron chi connectivity index (χ1n) is 6.01. The number of alkyl halides is 3. The zero-order valence-corrected chi connectivity index (χ0v) is 10.3. The number of benzene rings is 1. The Morgan fingerprint density at radius 3 is 2.50 bits per heavy atom. The number of hydrogen-bond acceptors (Lipinski definition) is 2. The van der Waals surface area contributed by atoms with Crippen molar-refractivity contribution >= 4 is 5.69 Å². The fraction of sp³-hybridized carbons (Fsp3) is 0.538. The average Bonchev–Trinajstić information content (AvgIpc) is 2.79. The van der Waals surface area contributed by atoms with E-state index in [4.69, 9.17) is 4.74 Å². The van der Waals surface area contributed by atoms with Gasteiger partial charge in [0, 0.05) is 13.1 Å². The zero-order valence-electron chi connectivity index (χ0n) is 10.3. The lowest BCUT2D eigenvalue weighted by atomic mass is 10.2. The van der Waals surface area contributed by atoms with E-state index in [0.717, 1.165) is 37.2 Å². The van der Waals surface area contributed by atoms with Crippen LogP contribution in [0.25, 0.3) is 0 Å². The van der Waals surface area contributed by atoms with Gasteiger partial charge in [0.1, 0.15) is 5.75 Å². The SMILES string of the molecule is Cc1ccc(OCC(F)(F)F)c(N2CCCC2)c1. The van der Waals surface area contributed by atoms with Crippen LogP contribution in [0.1, 0.15) is 18.4 Å². The topological polar surface area (TPSA) is 12.5 Å². The summed E-state index contributed by atoms with van der Waals surface area (Å²) < 4.78 is 41.5. The molecule has 0 amide bonds. The van der Waals surface area contributed by atoms with Crippen molar-refractivity contribution in [1.82, 2.24) is 0 Å². The number of anilines is 1. The van der Waals surface area contributed by atoms with Crippen molar-refractivity contribution in [3.63, 3.8) is 0 Å². The van der Waals surface area contributed by atoms with E-state index in [0.29, 0.717) is 5.75 Å². The van der Waals surface area contributed by atoms with Crippen LogP contribution in [-0.2, 0) is 0 Å². The summed E-state index contributed by atoms with van der Waals surface area (Å²) >= 11 is 0. The lowest BCUT2D eigenvalue weighted by Crippen LogP contribution is -2.22. The summed E-state index contributed by atoms with van der Waals surface area (Å²) in [6, 6.07) is 5.27. The van der Waals surface area contributed by atoms with Crippen LogP contribution in [0.2, 0.25) is 0 Å². The lowest BCUT2D eigenvalue weighted by molar-refractivity contribution is -0.153. The first kappa shape index (κ1) is 13.1. The minimum Gasteiger partial charge on any atom is -0.482 e. The fourth-order valence-corrected chi connectivity index (χ4v) is 2.11. The molecule has 0 saturated carbocycles. The molecule has 2 rings (SSSR count). The summed E-state index contributed by atoms with van der Waals surface area (Å²) in [5.41, 5.74) is 1.80. The number of ether oxygens (including phenoxy) is 1. The van der Waals surface area contributed by atoms with Crippen molar-refractivity contribution in [2.75, 3.05) is 24.6 Å². The molecule has 0 unspecified atom stereocenters. The summed E-state index contributed by atoms with van der Waals surface area (Å²) in [6.07, 6.45) is -2.15. The molecule has 1 saturated heterocycles. The molecule has 1 fully saturated rings. The Morgan fingerprint density at radius 2 is 1.89 bits per heavy atom. The summed E-state index contributed by atoms with van der Waals surface area (Å²) in [4.78, 5) is 2.08. The fourth-order valence-electron chi connectivity index (χ4n) is 2.11. The minimum absolute atomic E-state index is 0.319. The largest absolute Gasteiger partial charge is 0.482 e. The van der Waals surface area contributed by atoms with E-state index in [1.165, 1.54) is 0 Å². The van der Waals surface area contributed by atoms with Gasteiger partial charge in [-0.25, -0.2) is 0 Å². The van der Waals surface area contributed by atoms with Crippen molar-refractivity contribution in [3.05, 3.63) is 23.8 Å². The molecular weight excluding hydrogens is 243 g/mol. The van der Waals surface area contributed by atoms with Crippen LogP contribution in [-0.4, -0.2) is 25.9 Å². The van der Waals surface area contributed by atoms with Crippen LogP contribution < -0.4 is 9.64 Å². The highest BCUT2D eigenvalue weighted by Crippen LogP contribution is 2.33. The molecule has 0 aromatic heterocycles. The molecule has 0 atom stereocenters. The van der Waals surface area contributed by atoms with Gasteiger partial charge in [-0.3, -0.25) is 0 Å². The molecule has 1 aliphatic heterocycles. The van der Waals surface area contributed by atoms with E-state index in [1.807, 2.05) is 13.0 Å². The Kier molecular flexibility index (Phi) is 3.68. The number of rotatable bonds is 3. The number of aryl methyl sites for hydroxylation is 1. The van der Waals surface area contributed by atoms with Gasteiger partial charge in [-0.05, 0) is 37.5 Å². The van der Waals surface area contributed by atoms with Gasteiger partial charge in [0.25, 0.3) is 0 Å². The van der Waals surface area contributed by atoms with Gasteiger partial charge >= 0.3 is 6.18 Å². The molecule has 1 heterocycles. The van der Waals surface area contributed by atoms with Gasteiger partial charge < -0.3 is 9.64 Å². The van der Waals surface area contributed by atoms with Crippen molar-refractivity contribution in [1.29, 1.82) is 0 Å². The highest BCUT2D eigenvalue weighted by Gasteiger charge is 2.29. The van der Waals surface area contributed by atoms with E-state index in [-0.39, 0.29) is 0 Å². The second kappa shape index (κ2) is 5.08. The van der Waals surface area contributed by atoms with Crippen molar-refractivity contribution < 1.29 is 17.9 Å². The second-order valence-corrected chi connectivity index (χ2v) is 4.57. The summed E-state index contributed by atoms with van der Waals surface area (Å²) in [5, 5.41) is 0. The molecule has 18 heavy (non-hydrogen) atoms. The normalized spacial score (nSPS) is 16.1. The Bertz CT molecular complexity index is 411. The van der Waals surface area contributed by atoms with E-state index in [9.17, 15) is 13.2 Å². The second-order valence-electron chi connectivity index (χ2n) is 4.57. The summed E-state index contributed by atoms with van der Waals surface area (Å²) in [5.74, 6) is 0.319. The molecule has 0 aliphatic carbocycles. The Balaban J connectivity index is 2.17. The molecule has 2 nitrogen and oxygen atoms in total. The molecule has 0 radical (unpaired) electrons. The smallest absolute Gasteiger partial charge is 0.422 e. The highest BCUT2D eigenvalue weighted by atomic mass is 19.4. The number of hydrogen-bond donors (Lipinski definition) is 0. The van der Waals surface area contributed by atoms with Crippen LogP contribution >= 0.6 is 0 Å². The lowest BCUT2D eigenvalue weighted by Gasteiger charge is -2.22. The van der Waals surface area contributed by atoms with E-state index >= 15 is 0 Å². The molecule has 1 aromatic carbocycles. The van der Waals surface area contributed by atoms with Crippen LogP contribution in [0.4, 0.5) is 18.9 Å². The average molecular weight is 259 g/mol. The summed E-state index contributed by atoms with van der Waals surface area (Å²) in [6.45, 7) is 2.45.